The number of anilines is 1. The van der Waals surface area contributed by atoms with Crippen LogP contribution in [0.5, 0.6) is 0 Å². The van der Waals surface area contributed by atoms with Crippen LogP contribution >= 0.6 is 0 Å². The van der Waals surface area contributed by atoms with Gasteiger partial charge in [0, 0.05) is 30.3 Å². The molecule has 3 aliphatic rings. The van der Waals surface area contributed by atoms with Gasteiger partial charge in [0.05, 0.1) is 0 Å². The molecule has 3 atom stereocenters. The number of hydrogen-bond acceptors (Lipinski definition) is 2. The van der Waals surface area contributed by atoms with Crippen LogP contribution in [0.25, 0.3) is 0 Å². The molecule has 3 fully saturated rings. The van der Waals surface area contributed by atoms with Crippen LogP contribution < -0.4 is 5.32 Å². The van der Waals surface area contributed by atoms with E-state index in [2.05, 4.69) is 5.32 Å². The third-order valence-electron chi connectivity index (χ3n) is 6.92. The molecule has 3 unspecified atom stereocenters. The number of nitrogens with zero attached hydrogens (tertiary/aromatic N) is 1. The van der Waals surface area contributed by atoms with E-state index >= 15 is 0 Å². The summed E-state index contributed by atoms with van der Waals surface area (Å²) in [5, 5.41) is 3.06. The van der Waals surface area contributed by atoms with Crippen LogP contribution in [-0.4, -0.2) is 29.8 Å². The van der Waals surface area contributed by atoms with E-state index in [1.165, 1.54) is 38.5 Å². The maximum atomic E-state index is 12.7. The molecule has 26 heavy (non-hydrogen) atoms. The fraction of sp³-hybridized carbons (Fsp3) is 0.636. The zero-order valence-electron chi connectivity index (χ0n) is 15.7. The molecule has 140 valence electrons. The first-order valence-corrected chi connectivity index (χ1v) is 10.3. The summed E-state index contributed by atoms with van der Waals surface area (Å²) in [6.45, 7) is 0. The van der Waals surface area contributed by atoms with Gasteiger partial charge in [0.15, 0.2) is 0 Å². The highest BCUT2D eigenvalue weighted by Gasteiger charge is 2.43. The lowest BCUT2D eigenvalue weighted by molar-refractivity contribution is -0.121. The van der Waals surface area contributed by atoms with E-state index in [1.54, 1.807) is 0 Å². The maximum Gasteiger partial charge on any atom is 0.253 e. The Balaban J connectivity index is 1.35. The lowest BCUT2D eigenvalue weighted by Gasteiger charge is -2.31. The molecule has 1 N–H and O–H groups in total. The van der Waals surface area contributed by atoms with Gasteiger partial charge in [0.1, 0.15) is 0 Å². The number of benzene rings is 1. The van der Waals surface area contributed by atoms with Gasteiger partial charge in [-0.15, -0.1) is 0 Å². The average Bonchev–Trinajstić information content (AvgIpc) is 3.32. The van der Waals surface area contributed by atoms with Crippen LogP contribution in [0.4, 0.5) is 5.69 Å². The summed E-state index contributed by atoms with van der Waals surface area (Å²) in [7, 11) is 1.92. The van der Waals surface area contributed by atoms with Gasteiger partial charge in [-0.05, 0) is 68.2 Å². The third kappa shape index (κ3) is 3.51. The molecule has 0 radical (unpaired) electrons. The summed E-state index contributed by atoms with van der Waals surface area (Å²) in [5.41, 5.74) is 1.51. The van der Waals surface area contributed by atoms with Crippen LogP contribution in [0.3, 0.4) is 0 Å². The van der Waals surface area contributed by atoms with E-state index in [0.29, 0.717) is 17.5 Å². The first-order valence-electron chi connectivity index (χ1n) is 10.3. The molecule has 0 spiro atoms. The smallest absolute Gasteiger partial charge is 0.253 e. The second-order valence-electron chi connectivity index (χ2n) is 8.56. The van der Waals surface area contributed by atoms with Crippen LogP contribution in [0, 0.1) is 17.8 Å². The fourth-order valence-corrected chi connectivity index (χ4v) is 5.33. The highest BCUT2D eigenvalue weighted by atomic mass is 16.2. The number of amides is 2. The highest BCUT2D eigenvalue weighted by molar-refractivity contribution is 5.96. The van der Waals surface area contributed by atoms with Crippen molar-refractivity contribution in [3.8, 4) is 0 Å². The van der Waals surface area contributed by atoms with Gasteiger partial charge in [-0.1, -0.05) is 25.7 Å². The Hall–Kier alpha value is -1.84. The quantitative estimate of drug-likeness (QED) is 0.867. The summed E-state index contributed by atoms with van der Waals surface area (Å²) in [5.74, 6) is 1.79. The molecule has 3 aliphatic carbocycles. The molecule has 2 bridgehead atoms. The first-order chi connectivity index (χ1) is 12.6. The molecule has 0 heterocycles. The molecule has 3 saturated carbocycles. The number of rotatable bonds is 4. The Morgan fingerprint density at radius 2 is 1.69 bits per heavy atom. The Labute approximate surface area is 156 Å². The number of hydrogen-bond donors (Lipinski definition) is 1. The second kappa shape index (κ2) is 7.42. The zero-order chi connectivity index (χ0) is 18.1. The number of fused-ring (bicyclic) bond motifs is 2. The Kier molecular flexibility index (Phi) is 5.01. The van der Waals surface area contributed by atoms with Gasteiger partial charge in [-0.3, -0.25) is 9.59 Å². The van der Waals surface area contributed by atoms with Gasteiger partial charge < -0.3 is 10.2 Å². The Morgan fingerprint density at radius 1 is 0.962 bits per heavy atom. The lowest BCUT2D eigenvalue weighted by Crippen LogP contribution is -2.38. The lowest BCUT2D eigenvalue weighted by atomic mass is 9.88. The topological polar surface area (TPSA) is 49.4 Å². The predicted molar refractivity (Wildman–Crippen MR) is 103 cm³/mol. The van der Waals surface area contributed by atoms with E-state index in [0.717, 1.165) is 30.9 Å². The van der Waals surface area contributed by atoms with Gasteiger partial charge in [-0.25, -0.2) is 0 Å². The number of carbonyl (C=O) groups is 2. The molecule has 0 saturated heterocycles. The minimum absolute atomic E-state index is 0.0860. The normalized spacial score (nSPS) is 28.1. The van der Waals surface area contributed by atoms with Crippen molar-refractivity contribution in [1.82, 2.24) is 4.90 Å². The van der Waals surface area contributed by atoms with Crippen molar-refractivity contribution in [2.75, 3.05) is 12.4 Å². The van der Waals surface area contributed by atoms with E-state index in [1.807, 2.05) is 36.2 Å². The van der Waals surface area contributed by atoms with E-state index in [4.69, 9.17) is 0 Å². The summed E-state index contributed by atoms with van der Waals surface area (Å²) in [6, 6.07) is 7.80. The molecular weight excluding hydrogens is 324 g/mol. The van der Waals surface area contributed by atoms with Crippen LogP contribution in [-0.2, 0) is 4.79 Å². The van der Waals surface area contributed by atoms with Crippen molar-refractivity contribution in [1.29, 1.82) is 0 Å². The first kappa shape index (κ1) is 17.6. The molecule has 4 nitrogen and oxygen atoms in total. The molecule has 1 aromatic rings. The minimum Gasteiger partial charge on any atom is -0.339 e. The van der Waals surface area contributed by atoms with Crippen molar-refractivity contribution in [2.45, 2.75) is 63.8 Å². The molecule has 0 aromatic heterocycles. The zero-order valence-corrected chi connectivity index (χ0v) is 15.7. The van der Waals surface area contributed by atoms with E-state index < -0.39 is 0 Å². The van der Waals surface area contributed by atoms with Crippen molar-refractivity contribution in [2.24, 2.45) is 17.8 Å². The summed E-state index contributed by atoms with van der Waals surface area (Å²) in [6.07, 6.45) is 10.8. The average molecular weight is 354 g/mol. The van der Waals surface area contributed by atoms with Crippen LogP contribution in [0.2, 0.25) is 0 Å². The van der Waals surface area contributed by atoms with Gasteiger partial charge >= 0.3 is 0 Å². The van der Waals surface area contributed by atoms with Crippen molar-refractivity contribution in [3.05, 3.63) is 29.8 Å². The van der Waals surface area contributed by atoms with Gasteiger partial charge in [-0.2, -0.15) is 0 Å². The number of carbonyl (C=O) groups excluding carboxylic acids is 2. The van der Waals surface area contributed by atoms with Gasteiger partial charge in [0.25, 0.3) is 5.91 Å². The Bertz CT molecular complexity index is 663. The molecule has 4 heteroatoms. The third-order valence-corrected chi connectivity index (χ3v) is 6.92. The monoisotopic (exact) mass is 354 g/mol. The maximum absolute atomic E-state index is 12.7. The summed E-state index contributed by atoms with van der Waals surface area (Å²) < 4.78 is 0. The highest BCUT2D eigenvalue weighted by Crippen LogP contribution is 2.48. The second-order valence-corrected chi connectivity index (χ2v) is 8.56. The molecule has 4 rings (SSSR count). The van der Waals surface area contributed by atoms with Crippen molar-refractivity contribution < 1.29 is 9.59 Å². The molecular formula is C22H30N2O2. The van der Waals surface area contributed by atoms with Crippen molar-refractivity contribution >= 4 is 17.5 Å². The van der Waals surface area contributed by atoms with Crippen LogP contribution in [0.1, 0.15) is 68.1 Å². The summed E-state index contributed by atoms with van der Waals surface area (Å²) in [4.78, 5) is 27.2. The largest absolute Gasteiger partial charge is 0.339 e. The van der Waals surface area contributed by atoms with E-state index in [-0.39, 0.29) is 17.7 Å². The van der Waals surface area contributed by atoms with Gasteiger partial charge in [0.2, 0.25) is 5.91 Å². The molecule has 1 aromatic carbocycles. The van der Waals surface area contributed by atoms with Crippen molar-refractivity contribution in [3.63, 3.8) is 0 Å². The number of nitrogens with one attached hydrogen (secondary N) is 1. The fourth-order valence-electron chi connectivity index (χ4n) is 5.33. The molecule has 0 aliphatic heterocycles. The molecule has 2 amide bonds. The predicted octanol–water partition coefficient (Wildman–Crippen LogP) is 4.47. The summed E-state index contributed by atoms with van der Waals surface area (Å²) >= 11 is 0. The van der Waals surface area contributed by atoms with E-state index in [9.17, 15) is 9.59 Å². The Morgan fingerprint density at radius 3 is 2.31 bits per heavy atom. The van der Waals surface area contributed by atoms with Crippen LogP contribution in [0.15, 0.2) is 24.3 Å². The standard InChI is InChI=1S/C22H30N2O2/c1-24(19-5-3-2-4-6-19)22(26)16-9-11-18(12-10-16)23-21(25)20-14-15-7-8-17(20)13-15/h9-12,15,17,19-20H,2-8,13-14H2,1H3,(H,23,25). The minimum atomic E-state index is 0.0860. The SMILES string of the molecule is CN(C(=O)c1ccc(NC(=O)C2CC3CCC2C3)cc1)C1CCCCC1.